The van der Waals surface area contributed by atoms with Crippen LogP contribution in [0.1, 0.15) is 89.8 Å². The number of carbonyl (C=O) groups is 1. The van der Waals surface area contributed by atoms with Crippen molar-refractivity contribution in [3.63, 3.8) is 0 Å². The predicted octanol–water partition coefficient (Wildman–Crippen LogP) is 5.35. The van der Waals surface area contributed by atoms with Crippen molar-refractivity contribution in [1.82, 2.24) is 0 Å². The van der Waals surface area contributed by atoms with Crippen LogP contribution in [-0.2, 0) is 15.6 Å². The molecular formula is C21H32O3. The molecule has 1 aromatic rings. The number of carboxylic acids is 1. The molecule has 2 atom stereocenters. The highest BCUT2D eigenvalue weighted by atomic mass is 16.4. The quantitative estimate of drug-likeness (QED) is 0.768. The Morgan fingerprint density at radius 2 is 1.58 bits per heavy atom. The number of rotatable bonds is 2. The number of aliphatic carboxylic acids is 1. The molecule has 0 radical (unpaired) electrons. The third-order valence-electron chi connectivity index (χ3n) is 5.30. The minimum atomic E-state index is -0.738. The standard InChI is InChI=1S/C21H32O3/c1-20(2,3)13-11-16(18(22)17(12-13)21(4,5)6)14-9-7-8-10-15(14)19(23)24/h11-12,14-15,22H,7-10H2,1-6H3,(H,23,24). The summed E-state index contributed by atoms with van der Waals surface area (Å²) in [6.45, 7) is 12.7. The molecule has 1 fully saturated rings. The van der Waals surface area contributed by atoms with E-state index in [4.69, 9.17) is 0 Å². The molecule has 0 heterocycles. The molecule has 24 heavy (non-hydrogen) atoms. The van der Waals surface area contributed by atoms with Crippen LogP contribution >= 0.6 is 0 Å². The molecule has 1 saturated carbocycles. The van der Waals surface area contributed by atoms with Crippen LogP contribution in [0.2, 0.25) is 0 Å². The number of aromatic hydroxyl groups is 1. The maximum Gasteiger partial charge on any atom is 0.307 e. The Balaban J connectivity index is 2.65. The summed E-state index contributed by atoms with van der Waals surface area (Å²) in [6, 6.07) is 4.15. The van der Waals surface area contributed by atoms with Crippen molar-refractivity contribution in [1.29, 1.82) is 0 Å². The number of carboxylic acid groups (broad SMARTS) is 1. The molecule has 0 saturated heterocycles. The average Bonchev–Trinajstić information content (AvgIpc) is 2.45. The molecule has 3 nitrogen and oxygen atoms in total. The molecule has 0 aromatic heterocycles. The minimum absolute atomic E-state index is 0.0458. The van der Waals surface area contributed by atoms with E-state index in [0.717, 1.165) is 36.0 Å². The van der Waals surface area contributed by atoms with Gasteiger partial charge in [-0.2, -0.15) is 0 Å². The van der Waals surface area contributed by atoms with Crippen LogP contribution in [0.4, 0.5) is 0 Å². The Labute approximate surface area is 146 Å². The fraction of sp³-hybridized carbons (Fsp3) is 0.667. The smallest absolute Gasteiger partial charge is 0.307 e. The number of benzene rings is 1. The van der Waals surface area contributed by atoms with Gasteiger partial charge in [-0.3, -0.25) is 4.79 Å². The van der Waals surface area contributed by atoms with Crippen LogP contribution in [0.15, 0.2) is 12.1 Å². The van der Waals surface area contributed by atoms with E-state index in [1.54, 1.807) is 0 Å². The van der Waals surface area contributed by atoms with Gasteiger partial charge in [0.25, 0.3) is 0 Å². The Hall–Kier alpha value is -1.51. The summed E-state index contributed by atoms with van der Waals surface area (Å²) in [7, 11) is 0. The molecule has 0 spiro atoms. The van der Waals surface area contributed by atoms with Gasteiger partial charge in [-0.25, -0.2) is 0 Å². The summed E-state index contributed by atoms with van der Waals surface area (Å²) in [5, 5.41) is 20.6. The number of phenols is 1. The molecule has 1 aromatic carbocycles. The van der Waals surface area contributed by atoms with Crippen LogP contribution in [-0.4, -0.2) is 16.2 Å². The van der Waals surface area contributed by atoms with Crippen molar-refractivity contribution in [2.75, 3.05) is 0 Å². The van der Waals surface area contributed by atoms with Gasteiger partial charge in [0.15, 0.2) is 0 Å². The van der Waals surface area contributed by atoms with Gasteiger partial charge in [-0.1, -0.05) is 66.5 Å². The van der Waals surface area contributed by atoms with Crippen molar-refractivity contribution in [3.8, 4) is 5.75 Å². The maximum atomic E-state index is 11.7. The van der Waals surface area contributed by atoms with E-state index in [1.807, 2.05) is 0 Å². The van der Waals surface area contributed by atoms with E-state index in [0.29, 0.717) is 12.2 Å². The molecule has 2 rings (SSSR count). The molecule has 2 N–H and O–H groups in total. The molecule has 0 amide bonds. The van der Waals surface area contributed by atoms with Gasteiger partial charge in [0.05, 0.1) is 5.92 Å². The fourth-order valence-electron chi connectivity index (χ4n) is 3.74. The van der Waals surface area contributed by atoms with Gasteiger partial charge < -0.3 is 10.2 Å². The normalized spacial score (nSPS) is 22.4. The number of phenolic OH excluding ortho intramolecular Hbond substituents is 1. The van der Waals surface area contributed by atoms with E-state index < -0.39 is 11.9 Å². The summed E-state index contributed by atoms with van der Waals surface area (Å²) in [5.74, 6) is -0.932. The number of hydrogen-bond acceptors (Lipinski definition) is 2. The lowest BCUT2D eigenvalue weighted by atomic mass is 9.71. The Kier molecular flexibility index (Phi) is 5.03. The van der Waals surface area contributed by atoms with E-state index >= 15 is 0 Å². The monoisotopic (exact) mass is 332 g/mol. The van der Waals surface area contributed by atoms with E-state index in [2.05, 4.69) is 53.7 Å². The molecule has 2 unspecified atom stereocenters. The molecule has 1 aliphatic carbocycles. The van der Waals surface area contributed by atoms with Crippen LogP contribution in [0.25, 0.3) is 0 Å². The predicted molar refractivity (Wildman–Crippen MR) is 97.8 cm³/mol. The Bertz CT molecular complexity index is 617. The van der Waals surface area contributed by atoms with Crippen molar-refractivity contribution in [2.24, 2.45) is 5.92 Å². The van der Waals surface area contributed by atoms with Crippen molar-refractivity contribution >= 4 is 5.97 Å². The zero-order valence-electron chi connectivity index (χ0n) is 15.9. The Morgan fingerprint density at radius 1 is 1.00 bits per heavy atom. The zero-order valence-corrected chi connectivity index (χ0v) is 15.9. The summed E-state index contributed by atoms with van der Waals surface area (Å²) in [6.07, 6.45) is 3.52. The van der Waals surface area contributed by atoms with Gasteiger partial charge in [0.1, 0.15) is 5.75 Å². The van der Waals surface area contributed by atoms with Gasteiger partial charge in [0, 0.05) is 5.92 Å². The van der Waals surface area contributed by atoms with Crippen LogP contribution in [0, 0.1) is 5.92 Å². The highest BCUT2D eigenvalue weighted by Gasteiger charge is 2.35. The first-order valence-corrected chi connectivity index (χ1v) is 9.03. The lowest BCUT2D eigenvalue weighted by Gasteiger charge is -2.33. The van der Waals surface area contributed by atoms with E-state index in [1.165, 1.54) is 0 Å². The second-order valence-corrected chi connectivity index (χ2v) is 9.30. The summed E-state index contributed by atoms with van der Waals surface area (Å²) in [4.78, 5) is 11.7. The minimum Gasteiger partial charge on any atom is -0.507 e. The first kappa shape index (κ1) is 18.8. The number of hydrogen-bond donors (Lipinski definition) is 2. The van der Waals surface area contributed by atoms with Crippen LogP contribution in [0.5, 0.6) is 5.75 Å². The van der Waals surface area contributed by atoms with Crippen molar-refractivity contribution < 1.29 is 15.0 Å². The van der Waals surface area contributed by atoms with Gasteiger partial charge in [-0.15, -0.1) is 0 Å². The SMILES string of the molecule is CC(C)(C)c1cc(C2CCCCC2C(=O)O)c(O)c(C(C)(C)C)c1. The molecular weight excluding hydrogens is 300 g/mol. The highest BCUT2D eigenvalue weighted by molar-refractivity contribution is 5.72. The third-order valence-corrected chi connectivity index (χ3v) is 5.30. The first-order valence-electron chi connectivity index (χ1n) is 9.03. The highest BCUT2D eigenvalue weighted by Crippen LogP contribution is 2.46. The zero-order chi connectivity index (χ0) is 18.3. The summed E-state index contributed by atoms with van der Waals surface area (Å²) in [5.41, 5.74) is 2.68. The summed E-state index contributed by atoms with van der Waals surface area (Å²) < 4.78 is 0. The van der Waals surface area contributed by atoms with Crippen molar-refractivity contribution in [2.45, 2.75) is 84.0 Å². The lowest BCUT2D eigenvalue weighted by Crippen LogP contribution is -2.27. The second kappa shape index (κ2) is 6.42. The molecule has 134 valence electrons. The van der Waals surface area contributed by atoms with Gasteiger partial charge in [-0.05, 0) is 40.4 Å². The third kappa shape index (κ3) is 3.76. The average molecular weight is 332 g/mol. The summed E-state index contributed by atoms with van der Waals surface area (Å²) >= 11 is 0. The van der Waals surface area contributed by atoms with Gasteiger partial charge >= 0.3 is 5.97 Å². The lowest BCUT2D eigenvalue weighted by molar-refractivity contribution is -0.143. The second-order valence-electron chi connectivity index (χ2n) is 9.30. The van der Waals surface area contributed by atoms with Crippen molar-refractivity contribution in [3.05, 3.63) is 28.8 Å². The fourth-order valence-corrected chi connectivity index (χ4v) is 3.74. The largest absolute Gasteiger partial charge is 0.507 e. The molecule has 3 heteroatoms. The van der Waals surface area contributed by atoms with E-state index in [-0.39, 0.29) is 16.7 Å². The first-order chi connectivity index (χ1) is 10.9. The molecule has 1 aliphatic rings. The van der Waals surface area contributed by atoms with Crippen LogP contribution < -0.4 is 0 Å². The molecule has 0 aliphatic heterocycles. The van der Waals surface area contributed by atoms with E-state index in [9.17, 15) is 15.0 Å². The molecule has 0 bridgehead atoms. The van der Waals surface area contributed by atoms with Crippen LogP contribution in [0.3, 0.4) is 0 Å². The maximum absolute atomic E-state index is 11.7. The van der Waals surface area contributed by atoms with Gasteiger partial charge in [0.2, 0.25) is 0 Å². The Morgan fingerprint density at radius 3 is 2.08 bits per heavy atom. The topological polar surface area (TPSA) is 57.5 Å².